The number of benzene rings is 2. The van der Waals surface area contributed by atoms with E-state index < -0.39 is 5.41 Å². The quantitative estimate of drug-likeness (QED) is 0.497. The van der Waals surface area contributed by atoms with Gasteiger partial charge in [-0.1, -0.05) is 60.7 Å². The number of rotatable bonds is 6. The molecule has 0 saturated carbocycles. The van der Waals surface area contributed by atoms with Gasteiger partial charge in [-0.25, -0.2) is 0 Å². The molecule has 5 rings (SSSR count). The molecule has 6 nitrogen and oxygen atoms in total. The van der Waals surface area contributed by atoms with Gasteiger partial charge in [-0.3, -0.25) is 24.2 Å². The number of likely N-dealkylation sites (tertiary alicyclic amines) is 1. The second-order valence-electron chi connectivity index (χ2n) is 9.37. The number of piperazine rings is 1. The Morgan fingerprint density at radius 1 is 0.886 bits per heavy atom. The van der Waals surface area contributed by atoms with Gasteiger partial charge in [-0.2, -0.15) is 0 Å². The normalized spacial score (nSPS) is 21.1. The van der Waals surface area contributed by atoms with Crippen LogP contribution in [0.2, 0.25) is 0 Å². The van der Waals surface area contributed by atoms with Crippen LogP contribution >= 0.6 is 11.3 Å². The van der Waals surface area contributed by atoms with Gasteiger partial charge in [0, 0.05) is 57.5 Å². The average Bonchev–Trinajstić information content (AvgIpc) is 3.48. The summed E-state index contributed by atoms with van der Waals surface area (Å²) in [6.45, 7) is 3.76. The van der Waals surface area contributed by atoms with Crippen molar-refractivity contribution in [2.45, 2.75) is 24.8 Å². The first-order valence-corrected chi connectivity index (χ1v) is 12.8. The van der Waals surface area contributed by atoms with Crippen LogP contribution in [0.3, 0.4) is 0 Å². The second kappa shape index (κ2) is 9.76. The zero-order chi connectivity index (χ0) is 24.4. The SMILES string of the molecule is CN1C(=O)C[C@](CC(=O)N2CCN(Cc3cccs3)CC2)(c2ccc(-c3ccccc3)cc2)C1=O. The van der Waals surface area contributed by atoms with Crippen LogP contribution in [0.4, 0.5) is 0 Å². The Hall–Kier alpha value is -3.29. The molecule has 180 valence electrons. The number of imide groups is 1. The van der Waals surface area contributed by atoms with Crippen molar-refractivity contribution in [2.75, 3.05) is 33.2 Å². The molecule has 3 aromatic rings. The Labute approximate surface area is 209 Å². The Balaban J connectivity index is 1.33. The summed E-state index contributed by atoms with van der Waals surface area (Å²) in [5, 5.41) is 2.08. The third-order valence-corrected chi connectivity index (χ3v) is 8.08. The maximum Gasteiger partial charge on any atom is 0.240 e. The lowest BCUT2D eigenvalue weighted by molar-refractivity contribution is -0.142. The van der Waals surface area contributed by atoms with Gasteiger partial charge in [0.25, 0.3) is 0 Å². The van der Waals surface area contributed by atoms with Crippen molar-refractivity contribution in [3.05, 3.63) is 82.6 Å². The number of hydrogen-bond donors (Lipinski definition) is 0. The summed E-state index contributed by atoms with van der Waals surface area (Å²) < 4.78 is 0. The number of thiophene rings is 1. The summed E-state index contributed by atoms with van der Waals surface area (Å²) in [5.74, 6) is -0.597. The van der Waals surface area contributed by atoms with Gasteiger partial charge in [0.2, 0.25) is 17.7 Å². The Bertz CT molecular complexity index is 1200. The first-order chi connectivity index (χ1) is 17.0. The van der Waals surface area contributed by atoms with Crippen molar-refractivity contribution in [1.82, 2.24) is 14.7 Å². The number of carbonyl (C=O) groups excluding carboxylic acids is 3. The lowest BCUT2D eigenvalue weighted by atomic mass is 9.75. The van der Waals surface area contributed by atoms with Gasteiger partial charge >= 0.3 is 0 Å². The molecule has 0 spiro atoms. The molecule has 1 atom stereocenters. The van der Waals surface area contributed by atoms with E-state index in [2.05, 4.69) is 22.4 Å². The summed E-state index contributed by atoms with van der Waals surface area (Å²) in [7, 11) is 1.51. The average molecular weight is 488 g/mol. The van der Waals surface area contributed by atoms with Crippen molar-refractivity contribution in [1.29, 1.82) is 0 Å². The molecule has 7 heteroatoms. The van der Waals surface area contributed by atoms with E-state index in [1.807, 2.05) is 59.5 Å². The minimum Gasteiger partial charge on any atom is -0.340 e. The third kappa shape index (κ3) is 4.66. The van der Waals surface area contributed by atoms with E-state index in [4.69, 9.17) is 0 Å². The number of likely N-dealkylation sites (N-methyl/N-ethyl adjacent to an activating group) is 1. The maximum atomic E-state index is 13.4. The van der Waals surface area contributed by atoms with Crippen LogP contribution in [0.15, 0.2) is 72.1 Å². The molecule has 0 radical (unpaired) electrons. The van der Waals surface area contributed by atoms with Gasteiger partial charge in [0.05, 0.1) is 5.41 Å². The number of hydrogen-bond acceptors (Lipinski definition) is 5. The zero-order valence-electron chi connectivity index (χ0n) is 19.9. The molecule has 2 aliphatic heterocycles. The van der Waals surface area contributed by atoms with Crippen molar-refractivity contribution in [2.24, 2.45) is 0 Å². The van der Waals surface area contributed by atoms with E-state index in [-0.39, 0.29) is 30.6 Å². The minimum absolute atomic E-state index is 0.0114. The Kier molecular flexibility index (Phi) is 6.54. The fourth-order valence-electron chi connectivity index (χ4n) is 5.11. The van der Waals surface area contributed by atoms with Gasteiger partial charge < -0.3 is 4.90 Å². The lowest BCUT2D eigenvalue weighted by Gasteiger charge is -2.36. The monoisotopic (exact) mass is 487 g/mol. The number of amides is 3. The summed E-state index contributed by atoms with van der Waals surface area (Å²) in [6.07, 6.45) is 0.0363. The highest BCUT2D eigenvalue weighted by Gasteiger charge is 2.53. The zero-order valence-corrected chi connectivity index (χ0v) is 20.7. The minimum atomic E-state index is -1.15. The molecule has 0 bridgehead atoms. The van der Waals surface area contributed by atoms with Gasteiger partial charge in [0.1, 0.15) is 0 Å². The first kappa shape index (κ1) is 23.5. The predicted molar refractivity (Wildman–Crippen MR) is 137 cm³/mol. The van der Waals surface area contributed by atoms with Gasteiger partial charge in [0.15, 0.2) is 0 Å². The van der Waals surface area contributed by atoms with Gasteiger partial charge in [-0.15, -0.1) is 11.3 Å². The van der Waals surface area contributed by atoms with E-state index in [9.17, 15) is 14.4 Å². The standard InChI is InChI=1S/C28H29N3O3S/c1-29-25(32)18-28(27(29)34,23-11-9-22(10-12-23)21-6-3-2-4-7-21)19-26(33)31-15-13-30(14-16-31)20-24-8-5-17-35-24/h2-12,17H,13-16,18-20H2,1H3/t28-/m0/s1. The van der Waals surface area contributed by atoms with E-state index >= 15 is 0 Å². The molecule has 2 fully saturated rings. The molecule has 35 heavy (non-hydrogen) atoms. The molecule has 0 aliphatic carbocycles. The van der Waals surface area contributed by atoms with Crippen molar-refractivity contribution < 1.29 is 14.4 Å². The highest BCUT2D eigenvalue weighted by Crippen LogP contribution is 2.40. The molecule has 2 saturated heterocycles. The highest BCUT2D eigenvalue weighted by atomic mass is 32.1. The van der Waals surface area contributed by atoms with Crippen LogP contribution in [-0.2, 0) is 26.3 Å². The fraction of sp³-hybridized carbons (Fsp3) is 0.321. The topological polar surface area (TPSA) is 60.9 Å². The van der Waals surface area contributed by atoms with Crippen LogP contribution in [0.25, 0.3) is 11.1 Å². The van der Waals surface area contributed by atoms with E-state index in [1.165, 1.54) is 16.8 Å². The highest BCUT2D eigenvalue weighted by molar-refractivity contribution is 7.09. The summed E-state index contributed by atoms with van der Waals surface area (Å²) in [6, 6.07) is 21.9. The smallest absolute Gasteiger partial charge is 0.240 e. The van der Waals surface area contributed by atoms with Crippen molar-refractivity contribution in [3.8, 4) is 11.1 Å². The van der Waals surface area contributed by atoms with Crippen LogP contribution < -0.4 is 0 Å². The first-order valence-electron chi connectivity index (χ1n) is 12.0. The van der Waals surface area contributed by atoms with E-state index in [0.29, 0.717) is 13.1 Å². The number of carbonyl (C=O) groups is 3. The predicted octanol–water partition coefficient (Wildman–Crippen LogP) is 3.78. The molecule has 3 heterocycles. The Morgan fingerprint density at radius 3 is 2.17 bits per heavy atom. The summed E-state index contributed by atoms with van der Waals surface area (Å²) in [4.78, 5) is 46.1. The van der Waals surface area contributed by atoms with Crippen LogP contribution in [0, 0.1) is 0 Å². The maximum absolute atomic E-state index is 13.4. The van der Waals surface area contributed by atoms with Crippen molar-refractivity contribution in [3.63, 3.8) is 0 Å². The molecular weight excluding hydrogens is 458 g/mol. The number of nitrogens with zero attached hydrogens (tertiary/aromatic N) is 3. The molecule has 3 amide bonds. The summed E-state index contributed by atoms with van der Waals surface area (Å²) in [5.41, 5.74) is 1.69. The second-order valence-corrected chi connectivity index (χ2v) is 10.4. The molecular formula is C28H29N3O3S. The lowest BCUT2D eigenvalue weighted by Crippen LogP contribution is -2.50. The molecule has 0 N–H and O–H groups in total. The Morgan fingerprint density at radius 2 is 1.57 bits per heavy atom. The molecule has 2 aromatic carbocycles. The molecule has 1 aromatic heterocycles. The molecule has 0 unspecified atom stereocenters. The largest absolute Gasteiger partial charge is 0.340 e. The van der Waals surface area contributed by atoms with E-state index in [1.54, 1.807) is 11.3 Å². The van der Waals surface area contributed by atoms with E-state index in [0.717, 1.165) is 36.3 Å². The molecule has 2 aliphatic rings. The van der Waals surface area contributed by atoms with Crippen molar-refractivity contribution >= 4 is 29.1 Å². The third-order valence-electron chi connectivity index (χ3n) is 7.22. The van der Waals surface area contributed by atoms with Crippen LogP contribution in [-0.4, -0.2) is 65.6 Å². The summed E-state index contributed by atoms with van der Waals surface area (Å²) >= 11 is 1.75. The van der Waals surface area contributed by atoms with Crippen LogP contribution in [0.1, 0.15) is 23.3 Å². The fourth-order valence-corrected chi connectivity index (χ4v) is 5.86. The van der Waals surface area contributed by atoms with Gasteiger partial charge in [-0.05, 0) is 28.1 Å². The van der Waals surface area contributed by atoms with Crippen LogP contribution in [0.5, 0.6) is 0 Å².